The minimum atomic E-state index is -0.128. The molecule has 6 nitrogen and oxygen atoms in total. The van der Waals surface area contributed by atoms with Crippen molar-refractivity contribution in [3.05, 3.63) is 40.4 Å². The molecule has 0 bridgehead atoms. The van der Waals surface area contributed by atoms with Crippen LogP contribution in [-0.2, 0) is 11.3 Å². The topological polar surface area (TPSA) is 74.3 Å². The van der Waals surface area contributed by atoms with Gasteiger partial charge in [0.05, 0.1) is 9.88 Å². The van der Waals surface area contributed by atoms with Gasteiger partial charge in [-0.15, -0.1) is 11.3 Å². The van der Waals surface area contributed by atoms with Crippen LogP contribution in [0, 0.1) is 12.8 Å². The van der Waals surface area contributed by atoms with Gasteiger partial charge in [0.2, 0.25) is 5.91 Å². The Labute approximate surface area is 164 Å². The number of aromatic nitrogens is 1. The zero-order valence-electron chi connectivity index (χ0n) is 16.0. The van der Waals surface area contributed by atoms with E-state index in [0.717, 1.165) is 47.9 Å². The van der Waals surface area contributed by atoms with Gasteiger partial charge >= 0.3 is 0 Å². The first-order chi connectivity index (χ1) is 13.0. The Morgan fingerprint density at radius 2 is 2.00 bits per heavy atom. The van der Waals surface area contributed by atoms with E-state index in [1.807, 2.05) is 25.1 Å². The van der Waals surface area contributed by atoms with Crippen molar-refractivity contribution in [3.8, 4) is 0 Å². The third kappa shape index (κ3) is 4.86. The van der Waals surface area contributed by atoms with E-state index in [-0.39, 0.29) is 17.7 Å². The lowest BCUT2D eigenvalue weighted by Gasteiger charge is -2.19. The van der Waals surface area contributed by atoms with Crippen LogP contribution in [-0.4, -0.2) is 29.9 Å². The highest BCUT2D eigenvalue weighted by Gasteiger charge is 2.30. The number of carbonyl (C=O) groups excluding carboxylic acids is 2. The summed E-state index contributed by atoms with van der Waals surface area (Å²) in [7, 11) is 0. The minimum absolute atomic E-state index is 0.0579. The van der Waals surface area contributed by atoms with E-state index >= 15 is 0 Å². The summed E-state index contributed by atoms with van der Waals surface area (Å²) in [5.74, 6) is 1.02. The fraction of sp³-hybridized carbons (Fsp3) is 0.450. The highest BCUT2D eigenvalue weighted by molar-refractivity contribution is 7.18. The third-order valence-electron chi connectivity index (χ3n) is 4.67. The molecule has 0 aliphatic heterocycles. The van der Waals surface area contributed by atoms with Crippen molar-refractivity contribution < 1.29 is 9.59 Å². The summed E-state index contributed by atoms with van der Waals surface area (Å²) in [6.45, 7) is 8.34. The van der Waals surface area contributed by atoms with Crippen molar-refractivity contribution in [2.75, 3.05) is 23.3 Å². The smallest absolute Gasteiger partial charge is 0.261 e. The second-order valence-electron chi connectivity index (χ2n) is 6.77. The molecule has 0 radical (unpaired) electrons. The zero-order valence-corrected chi connectivity index (χ0v) is 16.9. The Morgan fingerprint density at radius 1 is 1.26 bits per heavy atom. The largest absolute Gasteiger partial charge is 0.357 e. The van der Waals surface area contributed by atoms with E-state index in [2.05, 4.69) is 34.4 Å². The van der Waals surface area contributed by atoms with Gasteiger partial charge in [0.25, 0.3) is 5.91 Å². The molecule has 7 heteroatoms. The molecule has 1 aliphatic rings. The molecule has 27 heavy (non-hydrogen) atoms. The molecule has 2 aromatic rings. The number of thiophene rings is 1. The lowest BCUT2D eigenvalue weighted by Crippen LogP contribution is -2.24. The molecule has 0 aromatic carbocycles. The Balaban J connectivity index is 1.57. The van der Waals surface area contributed by atoms with Gasteiger partial charge in [0.15, 0.2) is 0 Å². The summed E-state index contributed by atoms with van der Waals surface area (Å²) in [5, 5.41) is 6.58. The molecule has 0 spiro atoms. The van der Waals surface area contributed by atoms with E-state index in [0.29, 0.717) is 11.4 Å². The number of nitrogens with zero attached hydrogens (tertiary/aromatic N) is 2. The van der Waals surface area contributed by atoms with Crippen molar-refractivity contribution in [1.29, 1.82) is 0 Å². The van der Waals surface area contributed by atoms with E-state index in [1.165, 1.54) is 11.3 Å². The Hall–Kier alpha value is -2.41. The number of nitrogens with one attached hydrogen (secondary N) is 2. The molecule has 2 amide bonds. The van der Waals surface area contributed by atoms with Crippen LogP contribution in [0.4, 0.5) is 10.8 Å². The maximum absolute atomic E-state index is 12.5. The first-order valence-corrected chi connectivity index (χ1v) is 10.2. The van der Waals surface area contributed by atoms with Gasteiger partial charge in [-0.1, -0.05) is 6.07 Å². The molecule has 144 valence electrons. The van der Waals surface area contributed by atoms with Gasteiger partial charge in [-0.2, -0.15) is 0 Å². The van der Waals surface area contributed by atoms with Gasteiger partial charge < -0.3 is 15.5 Å². The molecule has 1 fully saturated rings. The molecule has 0 unspecified atom stereocenters. The molecule has 2 aromatic heterocycles. The lowest BCUT2D eigenvalue weighted by molar-refractivity contribution is -0.117. The molecule has 1 saturated carbocycles. The van der Waals surface area contributed by atoms with Crippen LogP contribution in [0.15, 0.2) is 24.4 Å². The summed E-state index contributed by atoms with van der Waals surface area (Å²) in [5.41, 5.74) is 1.83. The van der Waals surface area contributed by atoms with E-state index in [4.69, 9.17) is 0 Å². The number of amides is 2. The highest BCUT2D eigenvalue weighted by atomic mass is 32.1. The maximum atomic E-state index is 12.5. The number of hydrogen-bond donors (Lipinski definition) is 2. The van der Waals surface area contributed by atoms with Gasteiger partial charge in [-0.3, -0.25) is 9.59 Å². The van der Waals surface area contributed by atoms with E-state index in [9.17, 15) is 9.59 Å². The summed E-state index contributed by atoms with van der Waals surface area (Å²) < 4.78 is 0. The molecule has 2 N–H and O–H groups in total. The number of pyridine rings is 1. The third-order valence-corrected chi connectivity index (χ3v) is 5.82. The average molecular weight is 387 g/mol. The quantitative estimate of drug-likeness (QED) is 0.727. The fourth-order valence-corrected chi connectivity index (χ4v) is 3.85. The van der Waals surface area contributed by atoms with Crippen LogP contribution in [0.1, 0.15) is 47.5 Å². The van der Waals surface area contributed by atoms with Crippen molar-refractivity contribution in [1.82, 2.24) is 10.3 Å². The maximum Gasteiger partial charge on any atom is 0.261 e. The van der Waals surface area contributed by atoms with Crippen molar-refractivity contribution in [2.45, 2.75) is 40.2 Å². The van der Waals surface area contributed by atoms with Crippen molar-refractivity contribution in [3.63, 3.8) is 0 Å². The van der Waals surface area contributed by atoms with Gasteiger partial charge in [-0.25, -0.2) is 4.98 Å². The molecular formula is C20H26N4O2S. The standard InChI is InChI=1S/C20H26N4O2S/c1-4-24(5-2)16-9-6-14(11-21-16)12-22-20(26)18-13(3)10-17(27-18)23-19(25)15-7-8-15/h6,9-11,15H,4-5,7-8,12H2,1-3H3,(H,22,26)(H,23,25). The second-order valence-corrected chi connectivity index (χ2v) is 7.82. The fourth-order valence-electron chi connectivity index (χ4n) is 2.86. The summed E-state index contributed by atoms with van der Waals surface area (Å²) in [6, 6.07) is 5.83. The number of rotatable bonds is 8. The molecule has 0 atom stereocenters. The first kappa shape index (κ1) is 19.4. The Bertz CT molecular complexity index is 808. The van der Waals surface area contributed by atoms with Gasteiger partial charge in [0, 0.05) is 31.7 Å². The van der Waals surface area contributed by atoms with Crippen LogP contribution in [0.3, 0.4) is 0 Å². The molecular weight excluding hydrogens is 360 g/mol. The summed E-state index contributed by atoms with van der Waals surface area (Å²) >= 11 is 1.32. The number of carbonyl (C=O) groups is 2. The summed E-state index contributed by atoms with van der Waals surface area (Å²) in [4.78, 5) is 31.7. The molecule has 1 aliphatic carbocycles. The number of anilines is 2. The van der Waals surface area contributed by atoms with Gasteiger partial charge in [0.1, 0.15) is 5.82 Å². The normalized spacial score (nSPS) is 13.3. The summed E-state index contributed by atoms with van der Waals surface area (Å²) in [6.07, 6.45) is 3.73. The highest BCUT2D eigenvalue weighted by Crippen LogP contribution is 2.32. The average Bonchev–Trinajstić information content (AvgIpc) is 3.45. The molecule has 3 rings (SSSR count). The van der Waals surface area contributed by atoms with Crippen LogP contribution in [0.5, 0.6) is 0 Å². The second kappa shape index (κ2) is 8.52. The molecule has 2 heterocycles. The van der Waals surface area contributed by atoms with Crippen LogP contribution < -0.4 is 15.5 Å². The Kier molecular flexibility index (Phi) is 6.11. The van der Waals surface area contributed by atoms with E-state index < -0.39 is 0 Å². The number of aryl methyl sites for hydroxylation is 1. The van der Waals surface area contributed by atoms with Crippen LogP contribution >= 0.6 is 11.3 Å². The number of hydrogen-bond acceptors (Lipinski definition) is 5. The SMILES string of the molecule is CCN(CC)c1ccc(CNC(=O)c2sc(NC(=O)C3CC3)cc2C)cn1. The van der Waals surface area contributed by atoms with E-state index in [1.54, 1.807) is 6.20 Å². The monoisotopic (exact) mass is 386 g/mol. The molecule has 0 saturated heterocycles. The van der Waals surface area contributed by atoms with Gasteiger partial charge in [-0.05, 0) is 56.9 Å². The zero-order chi connectivity index (χ0) is 19.4. The van der Waals surface area contributed by atoms with Crippen LogP contribution in [0.2, 0.25) is 0 Å². The minimum Gasteiger partial charge on any atom is -0.357 e. The Morgan fingerprint density at radius 3 is 2.59 bits per heavy atom. The van der Waals surface area contributed by atoms with Crippen LogP contribution in [0.25, 0.3) is 0 Å². The first-order valence-electron chi connectivity index (χ1n) is 9.41. The predicted molar refractivity (Wildman–Crippen MR) is 109 cm³/mol. The predicted octanol–water partition coefficient (Wildman–Crippen LogP) is 3.58. The lowest BCUT2D eigenvalue weighted by atomic mass is 10.2. The van der Waals surface area contributed by atoms with Crippen molar-refractivity contribution in [2.24, 2.45) is 5.92 Å². The van der Waals surface area contributed by atoms with Crippen molar-refractivity contribution >= 4 is 34.0 Å².